The number of nitrogens with zero attached hydrogens (tertiary/aromatic N) is 1. The number of hydrogen-bond acceptors (Lipinski definition) is 5. The molecule has 1 aromatic rings. The Balaban J connectivity index is 2.77. The lowest BCUT2D eigenvalue weighted by molar-refractivity contribution is -0.384. The summed E-state index contributed by atoms with van der Waals surface area (Å²) in [4.78, 5) is 9.86. The summed E-state index contributed by atoms with van der Waals surface area (Å²) in [6, 6.07) is 5.45. The quantitative estimate of drug-likeness (QED) is 0.439. The Kier molecular flexibility index (Phi) is 3.23. The topological polar surface area (TPSA) is 84.6 Å². The number of nitrogens with one attached hydrogen (secondary N) is 1. The molecule has 0 heterocycles. The van der Waals surface area contributed by atoms with Crippen molar-refractivity contribution in [2.45, 2.75) is 12.8 Å². The van der Waals surface area contributed by atoms with E-state index in [9.17, 15) is 15.2 Å². The third-order valence-electron chi connectivity index (χ3n) is 1.83. The Labute approximate surface area is 86.6 Å². The van der Waals surface area contributed by atoms with Crippen LogP contribution in [0.5, 0.6) is 5.75 Å². The number of rotatable bonds is 4. The number of ether oxygens (including phenoxy) is 1. The van der Waals surface area contributed by atoms with Gasteiger partial charge in [-0.3, -0.25) is 15.4 Å². The van der Waals surface area contributed by atoms with E-state index in [-0.39, 0.29) is 5.69 Å². The van der Waals surface area contributed by atoms with Crippen molar-refractivity contribution >= 4 is 5.69 Å². The Morgan fingerprint density at radius 2 is 2.00 bits per heavy atom. The summed E-state index contributed by atoms with van der Waals surface area (Å²) < 4.78 is 5.11. The first-order valence-electron chi connectivity index (χ1n) is 4.29. The van der Waals surface area contributed by atoms with Crippen LogP contribution in [0, 0.1) is 10.1 Å². The second-order valence-electron chi connectivity index (χ2n) is 3.09. The number of benzene rings is 1. The zero-order chi connectivity index (χ0) is 11.5. The molecule has 1 aromatic carbocycles. The molecular weight excluding hydrogens is 200 g/mol. The van der Waals surface area contributed by atoms with E-state index in [0.29, 0.717) is 5.75 Å². The van der Waals surface area contributed by atoms with Crippen LogP contribution >= 0.6 is 0 Å². The van der Waals surface area contributed by atoms with Gasteiger partial charge < -0.3 is 9.84 Å². The molecule has 0 aliphatic heterocycles. The highest BCUT2D eigenvalue weighted by molar-refractivity contribution is 5.36. The molecule has 0 amide bonds. The monoisotopic (exact) mass is 212 g/mol. The van der Waals surface area contributed by atoms with Gasteiger partial charge in [0.25, 0.3) is 11.6 Å². The van der Waals surface area contributed by atoms with Gasteiger partial charge in [0, 0.05) is 19.1 Å². The minimum atomic E-state index is -1.49. The Hall–Kier alpha value is -1.66. The van der Waals surface area contributed by atoms with Crippen LogP contribution in [0.1, 0.15) is 6.92 Å². The molecule has 6 nitrogen and oxygen atoms in total. The van der Waals surface area contributed by atoms with Gasteiger partial charge in [-0.1, -0.05) is 0 Å². The molecule has 0 spiro atoms. The summed E-state index contributed by atoms with van der Waals surface area (Å²) in [6.45, 7) is 1.43. The van der Waals surface area contributed by atoms with Crippen molar-refractivity contribution in [3.8, 4) is 5.75 Å². The van der Waals surface area contributed by atoms with Crippen LogP contribution in [0.2, 0.25) is 0 Å². The van der Waals surface area contributed by atoms with Gasteiger partial charge >= 0.3 is 0 Å². The van der Waals surface area contributed by atoms with Gasteiger partial charge in [0.2, 0.25) is 0 Å². The van der Waals surface area contributed by atoms with Crippen LogP contribution in [0.4, 0.5) is 5.69 Å². The summed E-state index contributed by atoms with van der Waals surface area (Å²) >= 11 is 0. The highest BCUT2D eigenvalue weighted by Crippen LogP contribution is 2.19. The fraction of sp³-hybridized carbons (Fsp3) is 0.333. The Bertz CT molecular complexity index is 348. The van der Waals surface area contributed by atoms with E-state index in [1.165, 1.54) is 38.2 Å². The van der Waals surface area contributed by atoms with E-state index >= 15 is 0 Å². The fourth-order valence-corrected chi connectivity index (χ4v) is 0.916. The minimum absolute atomic E-state index is 0.0218. The largest absolute Gasteiger partial charge is 0.449 e. The maximum Gasteiger partial charge on any atom is 0.269 e. The number of aliphatic hydroxyl groups is 1. The van der Waals surface area contributed by atoms with E-state index in [1.807, 2.05) is 0 Å². The third kappa shape index (κ3) is 3.19. The van der Waals surface area contributed by atoms with Crippen molar-refractivity contribution in [3.63, 3.8) is 0 Å². The molecule has 0 bridgehead atoms. The van der Waals surface area contributed by atoms with Crippen molar-refractivity contribution in [2.24, 2.45) is 0 Å². The maximum absolute atomic E-state index is 10.4. The highest BCUT2D eigenvalue weighted by atomic mass is 16.6. The van der Waals surface area contributed by atoms with Gasteiger partial charge in [-0.2, -0.15) is 0 Å². The number of hydrogen-bond donors (Lipinski definition) is 2. The molecule has 0 radical (unpaired) electrons. The smallest absolute Gasteiger partial charge is 0.269 e. The lowest BCUT2D eigenvalue weighted by atomic mass is 10.3. The molecule has 0 saturated carbocycles. The second-order valence-corrected chi connectivity index (χ2v) is 3.09. The molecule has 2 N–H and O–H groups in total. The summed E-state index contributed by atoms with van der Waals surface area (Å²) in [5, 5.41) is 22.4. The van der Waals surface area contributed by atoms with Crippen LogP contribution < -0.4 is 10.1 Å². The normalized spacial score (nSPS) is 14.3. The molecule has 82 valence electrons. The molecule has 6 heteroatoms. The van der Waals surface area contributed by atoms with Crippen molar-refractivity contribution in [3.05, 3.63) is 34.4 Å². The first-order chi connectivity index (χ1) is 6.94. The summed E-state index contributed by atoms with van der Waals surface area (Å²) in [5.74, 6) is -1.14. The molecule has 0 fully saturated rings. The first kappa shape index (κ1) is 11.4. The standard InChI is InChI=1S/C9H12N2O4/c1-9(12,10-2)15-8-5-3-7(4-6-8)11(13)14/h3-6,10,12H,1-2H3. The minimum Gasteiger partial charge on any atom is -0.449 e. The molecule has 1 unspecified atom stereocenters. The molecule has 15 heavy (non-hydrogen) atoms. The first-order valence-corrected chi connectivity index (χ1v) is 4.29. The van der Waals surface area contributed by atoms with E-state index < -0.39 is 10.8 Å². The zero-order valence-corrected chi connectivity index (χ0v) is 8.43. The van der Waals surface area contributed by atoms with Crippen molar-refractivity contribution < 1.29 is 14.8 Å². The van der Waals surface area contributed by atoms with Gasteiger partial charge in [0.1, 0.15) is 5.75 Å². The lowest BCUT2D eigenvalue weighted by Crippen LogP contribution is -2.45. The zero-order valence-electron chi connectivity index (χ0n) is 8.43. The van der Waals surface area contributed by atoms with E-state index in [0.717, 1.165) is 0 Å². The van der Waals surface area contributed by atoms with Crippen LogP contribution in [0.25, 0.3) is 0 Å². The van der Waals surface area contributed by atoms with Gasteiger partial charge in [-0.15, -0.1) is 0 Å². The molecular formula is C9H12N2O4. The molecule has 0 saturated heterocycles. The lowest BCUT2D eigenvalue weighted by Gasteiger charge is -2.23. The van der Waals surface area contributed by atoms with Gasteiger partial charge in [-0.25, -0.2) is 0 Å². The molecule has 0 aliphatic carbocycles. The van der Waals surface area contributed by atoms with Gasteiger partial charge in [0.15, 0.2) is 0 Å². The van der Waals surface area contributed by atoms with Crippen LogP contribution in [0.3, 0.4) is 0 Å². The summed E-state index contributed by atoms with van der Waals surface area (Å²) in [5.41, 5.74) is -0.0218. The Morgan fingerprint density at radius 3 is 2.40 bits per heavy atom. The average molecular weight is 212 g/mol. The van der Waals surface area contributed by atoms with E-state index in [1.54, 1.807) is 0 Å². The average Bonchev–Trinajstić information content (AvgIpc) is 2.18. The predicted molar refractivity (Wildman–Crippen MR) is 53.4 cm³/mol. The number of non-ortho nitro benzene ring substituents is 1. The number of nitro benzene ring substituents is 1. The van der Waals surface area contributed by atoms with Gasteiger partial charge in [-0.05, 0) is 19.2 Å². The van der Waals surface area contributed by atoms with E-state index in [2.05, 4.69) is 5.32 Å². The van der Waals surface area contributed by atoms with Crippen molar-refractivity contribution in [1.29, 1.82) is 0 Å². The SMILES string of the molecule is CNC(C)(O)Oc1ccc([N+](=O)[O-])cc1. The van der Waals surface area contributed by atoms with Crippen LogP contribution in [-0.4, -0.2) is 23.0 Å². The number of nitro groups is 1. The molecule has 0 aliphatic rings. The fourth-order valence-electron chi connectivity index (χ4n) is 0.916. The van der Waals surface area contributed by atoms with Crippen LogP contribution in [-0.2, 0) is 0 Å². The van der Waals surface area contributed by atoms with Crippen molar-refractivity contribution in [2.75, 3.05) is 7.05 Å². The third-order valence-corrected chi connectivity index (χ3v) is 1.83. The highest BCUT2D eigenvalue weighted by Gasteiger charge is 2.19. The second kappa shape index (κ2) is 4.24. The summed E-state index contributed by atoms with van der Waals surface area (Å²) in [7, 11) is 1.53. The molecule has 0 aromatic heterocycles. The molecule has 1 atom stereocenters. The summed E-state index contributed by atoms with van der Waals surface area (Å²) in [6.07, 6.45) is 0. The molecule has 1 rings (SSSR count). The maximum atomic E-state index is 10.4. The van der Waals surface area contributed by atoms with Crippen LogP contribution in [0.15, 0.2) is 24.3 Å². The predicted octanol–water partition coefficient (Wildman–Crippen LogP) is 0.859. The van der Waals surface area contributed by atoms with Crippen molar-refractivity contribution in [1.82, 2.24) is 5.32 Å². The van der Waals surface area contributed by atoms with E-state index in [4.69, 9.17) is 4.74 Å². The van der Waals surface area contributed by atoms with Gasteiger partial charge in [0.05, 0.1) is 4.92 Å². The Morgan fingerprint density at radius 1 is 1.47 bits per heavy atom.